The van der Waals surface area contributed by atoms with Crippen LogP contribution in [0.25, 0.3) is 0 Å². The molecule has 0 aromatic carbocycles. The Balaban J connectivity index is 1.85. The van der Waals surface area contributed by atoms with Crippen molar-refractivity contribution in [2.24, 2.45) is 0 Å². The number of rotatable bonds is 4. The first-order valence-electron chi connectivity index (χ1n) is 7.17. The van der Waals surface area contributed by atoms with Crippen molar-refractivity contribution in [2.75, 3.05) is 32.7 Å². The summed E-state index contributed by atoms with van der Waals surface area (Å²) in [6.07, 6.45) is -3.42. The van der Waals surface area contributed by atoms with Crippen LogP contribution in [0.5, 0.6) is 0 Å². The average Bonchev–Trinajstić information content (AvgIpc) is 2.72. The molecule has 2 rings (SSSR count). The first-order valence-corrected chi connectivity index (χ1v) is 7.17. The molecule has 1 aliphatic rings. The van der Waals surface area contributed by atoms with Crippen LogP contribution in [0.3, 0.4) is 0 Å². The molecule has 0 radical (unpaired) electrons. The third kappa shape index (κ3) is 5.28. The van der Waals surface area contributed by atoms with Crippen LogP contribution < -0.4 is 0 Å². The maximum atomic E-state index is 12.4. The van der Waals surface area contributed by atoms with Gasteiger partial charge in [-0.1, -0.05) is 19.0 Å². The van der Waals surface area contributed by atoms with Crippen molar-refractivity contribution in [1.82, 2.24) is 19.9 Å². The van der Waals surface area contributed by atoms with Crippen molar-refractivity contribution >= 4 is 0 Å². The van der Waals surface area contributed by atoms with Crippen LogP contribution in [0.1, 0.15) is 37.9 Å². The van der Waals surface area contributed by atoms with Crippen LogP contribution in [-0.2, 0) is 6.54 Å². The number of hydrogen-bond donors (Lipinski definition) is 0. The number of halogens is 3. The standard InChI is InChI=1S/C13H21F3N4O/c1-10(2)12-17-11(18-21-12)8-19-4-3-5-20(7-6-19)9-13(14,15)16/h10H,3-9H2,1-2H3. The summed E-state index contributed by atoms with van der Waals surface area (Å²) in [5.74, 6) is 1.37. The van der Waals surface area contributed by atoms with Crippen LogP contribution in [0.2, 0.25) is 0 Å². The lowest BCUT2D eigenvalue weighted by Crippen LogP contribution is -2.37. The maximum Gasteiger partial charge on any atom is 0.401 e. The molecule has 0 bridgehead atoms. The van der Waals surface area contributed by atoms with E-state index in [0.717, 1.165) is 6.54 Å². The summed E-state index contributed by atoms with van der Waals surface area (Å²) in [5.41, 5.74) is 0. The number of alkyl halides is 3. The van der Waals surface area contributed by atoms with Gasteiger partial charge in [0.1, 0.15) is 0 Å². The van der Waals surface area contributed by atoms with Crippen molar-refractivity contribution in [3.05, 3.63) is 11.7 Å². The highest BCUT2D eigenvalue weighted by Crippen LogP contribution is 2.18. The summed E-state index contributed by atoms with van der Waals surface area (Å²) in [6.45, 7) is 5.85. The Morgan fingerprint density at radius 2 is 1.81 bits per heavy atom. The zero-order valence-electron chi connectivity index (χ0n) is 12.4. The van der Waals surface area contributed by atoms with E-state index < -0.39 is 12.7 Å². The van der Waals surface area contributed by atoms with Gasteiger partial charge in [-0.15, -0.1) is 0 Å². The summed E-state index contributed by atoms with van der Waals surface area (Å²) < 4.78 is 42.4. The molecular weight excluding hydrogens is 285 g/mol. The van der Waals surface area contributed by atoms with Crippen LogP contribution >= 0.6 is 0 Å². The minimum Gasteiger partial charge on any atom is -0.339 e. The molecule has 0 saturated carbocycles. The maximum absolute atomic E-state index is 12.4. The van der Waals surface area contributed by atoms with E-state index in [2.05, 4.69) is 15.0 Å². The highest BCUT2D eigenvalue weighted by Gasteiger charge is 2.31. The molecule has 0 atom stereocenters. The molecule has 8 heteroatoms. The lowest BCUT2D eigenvalue weighted by Gasteiger charge is -2.21. The van der Waals surface area contributed by atoms with Crippen molar-refractivity contribution in [3.63, 3.8) is 0 Å². The van der Waals surface area contributed by atoms with E-state index in [1.54, 1.807) is 0 Å². The Hall–Kier alpha value is -1.15. The number of aromatic nitrogens is 2. The lowest BCUT2D eigenvalue weighted by atomic mass is 10.2. The molecule has 1 fully saturated rings. The van der Waals surface area contributed by atoms with Crippen molar-refractivity contribution in [2.45, 2.75) is 38.9 Å². The minimum atomic E-state index is -4.13. The van der Waals surface area contributed by atoms with Crippen molar-refractivity contribution in [3.8, 4) is 0 Å². The molecule has 2 heterocycles. The SMILES string of the molecule is CC(C)c1nc(CN2CCCN(CC(F)(F)F)CC2)no1. The predicted molar refractivity (Wildman–Crippen MR) is 70.8 cm³/mol. The van der Waals surface area contributed by atoms with Crippen molar-refractivity contribution in [1.29, 1.82) is 0 Å². The summed E-state index contributed by atoms with van der Waals surface area (Å²) in [7, 11) is 0. The zero-order chi connectivity index (χ0) is 15.5. The highest BCUT2D eigenvalue weighted by atomic mass is 19.4. The topological polar surface area (TPSA) is 45.4 Å². The average molecular weight is 306 g/mol. The van der Waals surface area contributed by atoms with Crippen LogP contribution in [0, 0.1) is 0 Å². The molecular formula is C13H21F3N4O. The molecule has 120 valence electrons. The van der Waals surface area contributed by atoms with E-state index >= 15 is 0 Å². The monoisotopic (exact) mass is 306 g/mol. The van der Waals surface area contributed by atoms with Gasteiger partial charge >= 0.3 is 6.18 Å². The van der Waals surface area contributed by atoms with Gasteiger partial charge in [0.05, 0.1) is 13.1 Å². The zero-order valence-corrected chi connectivity index (χ0v) is 12.4. The second-order valence-electron chi connectivity index (χ2n) is 5.72. The Morgan fingerprint density at radius 1 is 1.14 bits per heavy atom. The molecule has 1 aromatic rings. The molecule has 0 aliphatic carbocycles. The van der Waals surface area contributed by atoms with Gasteiger partial charge in [-0.05, 0) is 19.5 Å². The van der Waals surface area contributed by atoms with Gasteiger partial charge < -0.3 is 4.52 Å². The second-order valence-corrected chi connectivity index (χ2v) is 5.72. The molecule has 0 unspecified atom stereocenters. The Bertz CT molecular complexity index is 447. The molecule has 0 N–H and O–H groups in total. The highest BCUT2D eigenvalue weighted by molar-refractivity contribution is 4.91. The second kappa shape index (κ2) is 6.74. The van der Waals surface area contributed by atoms with Gasteiger partial charge in [0.2, 0.25) is 5.89 Å². The first-order chi connectivity index (χ1) is 9.83. The normalized spacial score (nSPS) is 19.1. The summed E-state index contributed by atoms with van der Waals surface area (Å²) in [5, 5.41) is 3.92. The van der Waals surface area contributed by atoms with Crippen molar-refractivity contribution < 1.29 is 17.7 Å². The lowest BCUT2D eigenvalue weighted by molar-refractivity contribution is -0.145. The fourth-order valence-corrected chi connectivity index (χ4v) is 2.36. The third-order valence-electron chi connectivity index (χ3n) is 3.43. The fourth-order valence-electron chi connectivity index (χ4n) is 2.36. The fraction of sp³-hybridized carbons (Fsp3) is 0.846. The van der Waals surface area contributed by atoms with Gasteiger partial charge in [0.25, 0.3) is 0 Å². The Kier molecular flexibility index (Phi) is 5.21. The molecule has 1 saturated heterocycles. The largest absolute Gasteiger partial charge is 0.401 e. The summed E-state index contributed by atoms with van der Waals surface area (Å²) >= 11 is 0. The number of hydrogen-bond acceptors (Lipinski definition) is 5. The molecule has 0 amide bonds. The van der Waals surface area contributed by atoms with Crippen LogP contribution in [0.4, 0.5) is 13.2 Å². The predicted octanol–water partition coefficient (Wildman–Crippen LogP) is 2.26. The Labute approximate surface area is 122 Å². The molecule has 5 nitrogen and oxygen atoms in total. The minimum absolute atomic E-state index is 0.178. The van der Waals surface area contributed by atoms with Gasteiger partial charge in [-0.25, -0.2) is 0 Å². The smallest absolute Gasteiger partial charge is 0.339 e. The summed E-state index contributed by atoms with van der Waals surface area (Å²) in [6, 6.07) is 0. The molecule has 0 spiro atoms. The van der Waals surface area contributed by atoms with E-state index in [1.165, 1.54) is 4.90 Å². The van der Waals surface area contributed by atoms with Gasteiger partial charge in [-0.2, -0.15) is 18.2 Å². The van der Waals surface area contributed by atoms with E-state index in [0.29, 0.717) is 44.3 Å². The molecule has 1 aromatic heterocycles. The van der Waals surface area contributed by atoms with Gasteiger partial charge in [-0.3, -0.25) is 9.80 Å². The van der Waals surface area contributed by atoms with E-state index in [1.807, 2.05) is 13.8 Å². The first kappa shape index (κ1) is 16.2. The van der Waals surface area contributed by atoms with E-state index in [9.17, 15) is 13.2 Å². The third-order valence-corrected chi connectivity index (χ3v) is 3.43. The quantitative estimate of drug-likeness (QED) is 0.854. The van der Waals surface area contributed by atoms with Gasteiger partial charge in [0, 0.05) is 19.0 Å². The molecule has 21 heavy (non-hydrogen) atoms. The Morgan fingerprint density at radius 3 is 2.43 bits per heavy atom. The summed E-state index contributed by atoms with van der Waals surface area (Å²) in [4.78, 5) is 7.83. The number of nitrogens with zero attached hydrogens (tertiary/aromatic N) is 4. The van der Waals surface area contributed by atoms with E-state index in [-0.39, 0.29) is 5.92 Å². The van der Waals surface area contributed by atoms with Crippen LogP contribution in [-0.4, -0.2) is 58.8 Å². The van der Waals surface area contributed by atoms with E-state index in [4.69, 9.17) is 4.52 Å². The van der Waals surface area contributed by atoms with Gasteiger partial charge in [0.15, 0.2) is 5.82 Å². The molecule has 1 aliphatic heterocycles. The van der Waals surface area contributed by atoms with Crippen LogP contribution in [0.15, 0.2) is 4.52 Å².